The normalized spacial score (nSPS) is 12.3. The summed E-state index contributed by atoms with van der Waals surface area (Å²) in [7, 11) is 0. The molecule has 26 rings (SSSR count). The Morgan fingerprint density at radius 2 is 0.377 bits per heavy atom. The molecule has 0 fully saturated rings. The molecule has 8 aromatic heterocycles. The van der Waals surface area contributed by atoms with Gasteiger partial charge in [-0.3, -0.25) is 0 Å². The van der Waals surface area contributed by atoms with E-state index in [4.69, 9.17) is 0 Å². The summed E-state index contributed by atoms with van der Waals surface area (Å²) in [6.45, 7) is 6.53. The summed E-state index contributed by atoms with van der Waals surface area (Å²) in [5.41, 5.74) is 34.7. The first-order valence-electron chi connectivity index (χ1n) is 42.7. The van der Waals surface area contributed by atoms with Crippen LogP contribution >= 0.6 is 0 Å². The molecule has 0 unspecified atom stereocenters. The lowest BCUT2D eigenvalue weighted by Gasteiger charge is -2.26. The fraction of sp³-hybridized carbons (Fsp3) is 0.0526. The van der Waals surface area contributed by atoms with Crippen molar-refractivity contribution < 1.29 is 0 Å². The van der Waals surface area contributed by atoms with Crippen LogP contribution in [0.5, 0.6) is 0 Å². The van der Waals surface area contributed by atoms with Crippen LogP contribution in [-0.4, -0.2) is 17.6 Å². The summed E-state index contributed by atoms with van der Waals surface area (Å²) >= 11 is 0. The van der Waals surface area contributed by atoms with E-state index in [-0.39, 0.29) is 0 Å². The Morgan fingerprint density at radius 1 is 0.172 bits per heavy atom. The largest absolute Gasteiger partial charge is 0.310 e. The summed E-state index contributed by atoms with van der Waals surface area (Å²) in [5.74, 6) is 0. The number of anilines is 12. The summed E-state index contributed by atoms with van der Waals surface area (Å²) in [6.07, 6.45) is 2.82. The van der Waals surface area contributed by atoms with Gasteiger partial charge in [0.15, 0.2) is 0 Å². The van der Waals surface area contributed by atoms with Gasteiger partial charge in [-0.1, -0.05) is 206 Å². The molecular formula is C114H78N8. The van der Waals surface area contributed by atoms with Crippen LogP contribution in [-0.2, 0) is 19.3 Å². The maximum Gasteiger partial charge on any atom is 0.0620 e. The Bertz CT molecular complexity index is 8660. The Kier molecular flexibility index (Phi) is 14.7. The molecule has 0 bridgehead atoms. The van der Waals surface area contributed by atoms with Crippen LogP contribution in [0.4, 0.5) is 68.2 Å². The first-order chi connectivity index (χ1) is 60.3. The molecular weight excluding hydrogens is 1480 g/mol. The molecule has 8 nitrogen and oxygen atoms in total. The third-order valence-electron chi connectivity index (χ3n) is 26.8. The molecule has 0 aliphatic carbocycles. The molecule has 26 aromatic rings. The number of para-hydroxylation sites is 7. The number of hydrogen-bond acceptors (Lipinski definition) is 4. The molecule has 8 heteroatoms. The molecule has 0 saturated heterocycles. The van der Waals surface area contributed by atoms with E-state index in [1.165, 1.54) is 180 Å². The van der Waals surface area contributed by atoms with Crippen molar-refractivity contribution >= 4 is 221 Å². The van der Waals surface area contributed by atoms with E-state index in [0.29, 0.717) is 0 Å². The molecule has 8 heterocycles. The van der Waals surface area contributed by atoms with E-state index < -0.39 is 0 Å². The summed E-state index contributed by atoms with van der Waals surface area (Å²) in [4.78, 5) is 9.61. The number of aromatic nitrogens is 4. The summed E-state index contributed by atoms with van der Waals surface area (Å²) in [6, 6.07) is 144. The number of fused-ring (bicyclic) bond motifs is 24. The van der Waals surface area contributed by atoms with Crippen LogP contribution in [0.2, 0.25) is 0 Å². The van der Waals surface area contributed by atoms with Crippen molar-refractivity contribution in [2.24, 2.45) is 0 Å². The Hall–Kier alpha value is -15.6. The second-order valence-electron chi connectivity index (χ2n) is 33.6. The van der Waals surface area contributed by atoms with Gasteiger partial charge in [-0.25, -0.2) is 0 Å². The molecule has 0 spiro atoms. The summed E-state index contributed by atoms with van der Waals surface area (Å²) in [5, 5.41) is 20.1. The van der Waals surface area contributed by atoms with E-state index in [0.717, 1.165) is 87.5 Å². The molecule has 574 valence electrons. The zero-order chi connectivity index (χ0) is 80.3. The first kappa shape index (κ1) is 68.4. The van der Waals surface area contributed by atoms with Gasteiger partial charge in [-0.15, -0.1) is 0 Å². The van der Waals surface area contributed by atoms with E-state index in [9.17, 15) is 0 Å². The maximum absolute atomic E-state index is 2.54. The van der Waals surface area contributed by atoms with Crippen LogP contribution in [0.15, 0.2) is 382 Å². The summed E-state index contributed by atoms with van der Waals surface area (Å²) < 4.78 is 10.1. The van der Waals surface area contributed by atoms with Gasteiger partial charge < -0.3 is 37.2 Å². The highest BCUT2D eigenvalue weighted by atomic mass is 15.2. The lowest BCUT2D eigenvalue weighted by Crippen LogP contribution is -2.10. The molecule has 0 amide bonds. The van der Waals surface area contributed by atoms with Crippen molar-refractivity contribution in [2.75, 3.05) is 19.6 Å². The average Bonchev–Trinajstić information content (AvgIpc) is 1.52. The molecule has 0 atom stereocenters. The Morgan fingerprint density at radius 3 is 0.615 bits per heavy atom. The lowest BCUT2D eigenvalue weighted by molar-refractivity contribution is 0.959. The van der Waals surface area contributed by atoms with Crippen molar-refractivity contribution in [3.05, 3.63) is 410 Å². The fourth-order valence-electron chi connectivity index (χ4n) is 21.1. The van der Waals surface area contributed by atoms with Crippen LogP contribution in [0.3, 0.4) is 0 Å². The third kappa shape index (κ3) is 10.0. The minimum absolute atomic E-state index is 0.909. The van der Waals surface area contributed by atoms with Crippen molar-refractivity contribution in [3.8, 4) is 0 Å². The van der Waals surface area contributed by atoms with Crippen LogP contribution in [0.1, 0.15) is 34.7 Å². The number of nitrogens with zero attached hydrogens (tertiary/aromatic N) is 8. The van der Waals surface area contributed by atoms with Gasteiger partial charge in [-0.2, -0.15) is 0 Å². The zero-order valence-corrected chi connectivity index (χ0v) is 67.6. The van der Waals surface area contributed by atoms with E-state index in [1.807, 2.05) is 0 Å². The Labute approximate surface area is 703 Å². The topological polar surface area (TPSA) is 30.6 Å². The van der Waals surface area contributed by atoms with Gasteiger partial charge in [0, 0.05) is 154 Å². The highest BCUT2D eigenvalue weighted by Crippen LogP contribution is 2.52. The van der Waals surface area contributed by atoms with E-state index in [1.54, 1.807) is 0 Å². The molecule has 0 aliphatic heterocycles. The number of benzene rings is 18. The quantitative estimate of drug-likeness (QED) is 0.0965. The van der Waals surface area contributed by atoms with Crippen LogP contribution in [0, 0.1) is 13.8 Å². The fourth-order valence-corrected chi connectivity index (χ4v) is 21.1. The zero-order valence-electron chi connectivity index (χ0n) is 67.6. The average molecular weight is 1560 g/mol. The van der Waals surface area contributed by atoms with Crippen molar-refractivity contribution in [3.63, 3.8) is 0 Å². The highest BCUT2D eigenvalue weighted by Gasteiger charge is 2.29. The number of hydrogen-bond donors (Lipinski definition) is 0. The lowest BCUT2D eigenvalue weighted by atomic mass is 10.0. The van der Waals surface area contributed by atoms with Gasteiger partial charge in [0.25, 0.3) is 0 Å². The van der Waals surface area contributed by atoms with Crippen molar-refractivity contribution in [1.29, 1.82) is 0 Å². The minimum Gasteiger partial charge on any atom is -0.310 e. The molecule has 18 aromatic carbocycles. The molecule has 0 aliphatic rings. The van der Waals surface area contributed by atoms with E-state index >= 15 is 0 Å². The first-order valence-corrected chi connectivity index (χ1v) is 42.7. The molecule has 0 radical (unpaired) electrons. The van der Waals surface area contributed by atoms with Gasteiger partial charge in [0.05, 0.1) is 66.2 Å². The minimum atomic E-state index is 0.909. The van der Waals surface area contributed by atoms with Crippen LogP contribution in [0.25, 0.3) is 152 Å². The predicted molar refractivity (Wildman–Crippen MR) is 517 cm³/mol. The smallest absolute Gasteiger partial charge is 0.0620 e. The van der Waals surface area contributed by atoms with E-state index in [2.05, 4.69) is 440 Å². The maximum atomic E-state index is 2.54. The predicted octanol–water partition coefficient (Wildman–Crippen LogP) is 31.1. The number of aryl methyl sites for hydroxylation is 5. The second-order valence-corrected chi connectivity index (χ2v) is 33.6. The highest BCUT2D eigenvalue weighted by molar-refractivity contribution is 6.32. The van der Waals surface area contributed by atoms with Crippen molar-refractivity contribution in [1.82, 2.24) is 17.6 Å². The van der Waals surface area contributed by atoms with Gasteiger partial charge in [-0.05, 0) is 244 Å². The SMILES string of the molecule is CCc1ccc(N(c2ccccc2)c2ccc3c(c2)c2cccc4c5cc6c(cc5n3c24)c2cccc3c4cc(N(c5ccccc5)c5ccc(CCc7ccc(N(c8ccc(C)cc8)c8ccc9c(c8)c8cccc%10c%11cc%12c(cc%11n9c8%10)c8cccc9c%10cc(N(c%11ccccc%11)c%11ccc(C)cc%11)ccc%10n%12c98)cc7)cc5)ccc4n6c32)cc1. The second kappa shape index (κ2) is 26.2. The van der Waals surface area contributed by atoms with Crippen molar-refractivity contribution in [2.45, 2.75) is 40.0 Å². The van der Waals surface area contributed by atoms with Crippen LogP contribution < -0.4 is 19.6 Å². The monoisotopic (exact) mass is 1560 g/mol. The molecule has 0 N–H and O–H groups in total. The Balaban J connectivity index is 0.501. The standard InChI is InChI=1S/C114H78N8/c1-4-72-38-48-80(49-39-72)116(76-20-10-6-11-21-76)84-55-59-104-96(63-84)88-25-15-29-92-99-67-109-100(66-108(99)120(104)112(88)92)93-30-16-26-89-97-64-85(56-60-105(97)121(109)113(89)93)117(77-22-12-7-13-23-77)81-50-40-73(41-51-81)36-37-74-42-52-82(53-43-74)118(79-46-34-71(3)35-47-79)86-57-61-106-98(65-86)90-27-17-31-94-102-68-107-101(69-110(102)122(106)114(90)94)91-28-14-24-87-95-62-83(54-58-103(95)119(107)111(87)91)115(75-18-8-5-9-19-75)78-44-32-70(2)33-45-78/h5-35,38-69H,4,36-37H2,1-3H3. The molecule has 122 heavy (non-hydrogen) atoms. The van der Waals surface area contributed by atoms with Gasteiger partial charge in [0.2, 0.25) is 0 Å². The number of rotatable bonds is 16. The third-order valence-corrected chi connectivity index (χ3v) is 26.8. The van der Waals surface area contributed by atoms with Gasteiger partial charge >= 0.3 is 0 Å². The molecule has 0 saturated carbocycles. The van der Waals surface area contributed by atoms with Gasteiger partial charge in [0.1, 0.15) is 0 Å².